The van der Waals surface area contributed by atoms with Gasteiger partial charge in [0, 0.05) is 5.92 Å². The molecule has 1 aromatic carbocycles. The van der Waals surface area contributed by atoms with Crippen LogP contribution in [-0.4, -0.2) is 42.2 Å². The Kier molecular flexibility index (Phi) is 5.65. The number of halogens is 1. The molecule has 10 heteroatoms. The first-order chi connectivity index (χ1) is 16.0. The predicted molar refractivity (Wildman–Crippen MR) is 119 cm³/mol. The van der Waals surface area contributed by atoms with Gasteiger partial charge in [-0.05, 0) is 39.0 Å². The fourth-order valence-corrected chi connectivity index (χ4v) is 3.59. The minimum atomic E-state index is -0.812. The molecule has 0 aliphatic carbocycles. The number of carbonyl (C=O) groups excluding carboxylic acids is 2. The molecule has 0 spiro atoms. The highest BCUT2D eigenvalue weighted by molar-refractivity contribution is 6.08. The number of rotatable bonds is 3. The van der Waals surface area contributed by atoms with Crippen LogP contribution in [0.4, 0.5) is 9.18 Å². The van der Waals surface area contributed by atoms with Crippen LogP contribution in [0.3, 0.4) is 0 Å². The number of ether oxygens (including phenoxy) is 1. The Labute approximate surface area is 195 Å². The largest absolute Gasteiger partial charge is 0.443 e. The number of carbonyl (C=O) groups is 2. The fraction of sp³-hybridized carbons (Fsp3) is 0.333. The van der Waals surface area contributed by atoms with Crippen LogP contribution in [0.5, 0.6) is 0 Å². The zero-order valence-corrected chi connectivity index (χ0v) is 19.5. The number of fused-ring (bicyclic) bond motifs is 1. The van der Waals surface area contributed by atoms with E-state index in [1.165, 1.54) is 35.3 Å². The Bertz CT molecular complexity index is 1350. The lowest BCUT2D eigenvalue weighted by atomic mass is 10.0. The highest BCUT2D eigenvalue weighted by atomic mass is 19.1. The Morgan fingerprint density at radius 3 is 2.62 bits per heavy atom. The summed E-state index contributed by atoms with van der Waals surface area (Å²) >= 11 is 0. The van der Waals surface area contributed by atoms with Crippen LogP contribution in [0.15, 0.2) is 30.6 Å². The van der Waals surface area contributed by atoms with E-state index in [0.29, 0.717) is 5.82 Å². The first-order valence-corrected chi connectivity index (χ1v) is 10.7. The van der Waals surface area contributed by atoms with Crippen LogP contribution in [-0.2, 0) is 11.3 Å². The third-order valence-electron chi connectivity index (χ3n) is 5.12. The van der Waals surface area contributed by atoms with Crippen molar-refractivity contribution in [2.75, 3.05) is 0 Å². The van der Waals surface area contributed by atoms with Crippen LogP contribution in [0, 0.1) is 17.1 Å². The van der Waals surface area contributed by atoms with E-state index < -0.39 is 23.4 Å². The number of nitriles is 1. The molecule has 3 heterocycles. The third-order valence-corrected chi connectivity index (χ3v) is 5.12. The van der Waals surface area contributed by atoms with Crippen molar-refractivity contribution >= 4 is 12.0 Å². The summed E-state index contributed by atoms with van der Waals surface area (Å²) in [6.45, 7) is 8.79. The number of nitrogens with zero attached hydrogens (tertiary/aromatic N) is 6. The van der Waals surface area contributed by atoms with E-state index in [-0.39, 0.29) is 46.2 Å². The van der Waals surface area contributed by atoms with E-state index >= 15 is 0 Å². The Balaban J connectivity index is 1.91. The molecular weight excluding hydrogens is 439 g/mol. The van der Waals surface area contributed by atoms with Crippen molar-refractivity contribution in [1.29, 1.82) is 5.26 Å². The van der Waals surface area contributed by atoms with Crippen LogP contribution >= 0.6 is 0 Å². The van der Waals surface area contributed by atoms with Crippen LogP contribution < -0.4 is 0 Å². The molecular formula is C24H23FN6O3. The summed E-state index contributed by atoms with van der Waals surface area (Å²) in [7, 11) is 0. The summed E-state index contributed by atoms with van der Waals surface area (Å²) in [5.74, 6) is -0.660. The van der Waals surface area contributed by atoms with Gasteiger partial charge in [-0.3, -0.25) is 4.79 Å². The maximum atomic E-state index is 14.8. The second-order valence-corrected chi connectivity index (χ2v) is 9.20. The van der Waals surface area contributed by atoms with Gasteiger partial charge >= 0.3 is 6.09 Å². The molecule has 1 aliphatic rings. The predicted octanol–water partition coefficient (Wildman–Crippen LogP) is 4.35. The lowest BCUT2D eigenvalue weighted by Gasteiger charge is -2.23. The summed E-state index contributed by atoms with van der Waals surface area (Å²) in [6, 6.07) is 7.61. The maximum absolute atomic E-state index is 14.8. The highest BCUT2D eigenvalue weighted by Gasteiger charge is 2.39. The van der Waals surface area contributed by atoms with Gasteiger partial charge in [0.15, 0.2) is 5.82 Å². The molecule has 0 N–H and O–H groups in total. The average molecular weight is 462 g/mol. The van der Waals surface area contributed by atoms with Crippen molar-refractivity contribution in [3.63, 3.8) is 0 Å². The number of hydrogen-bond donors (Lipinski definition) is 0. The van der Waals surface area contributed by atoms with Crippen molar-refractivity contribution in [1.82, 2.24) is 24.6 Å². The Morgan fingerprint density at radius 2 is 2.00 bits per heavy atom. The second-order valence-electron chi connectivity index (χ2n) is 9.20. The van der Waals surface area contributed by atoms with Gasteiger partial charge in [0.25, 0.3) is 5.91 Å². The third kappa shape index (κ3) is 4.12. The van der Waals surface area contributed by atoms with Gasteiger partial charge in [-0.2, -0.15) is 10.4 Å². The topological polar surface area (TPSA) is 114 Å². The molecule has 2 amide bonds. The van der Waals surface area contributed by atoms with Crippen molar-refractivity contribution in [2.45, 2.75) is 52.7 Å². The van der Waals surface area contributed by atoms with Gasteiger partial charge in [0.05, 0.1) is 46.4 Å². The average Bonchev–Trinajstić information content (AvgIpc) is 3.37. The van der Waals surface area contributed by atoms with E-state index in [2.05, 4.69) is 15.1 Å². The number of hydrogen-bond acceptors (Lipinski definition) is 7. The standard InChI is InChI=1S/C24H23FN6O3/c1-13(2)21-27-12-31(29-21)18-9-16(19-14(10-26)7-6-8-15(19)25)28-17-11-30(22(32)20(17)18)23(33)34-24(3,4)5/h6-9,12-13H,11H2,1-5H3. The molecule has 0 radical (unpaired) electrons. The SMILES string of the molecule is CC(C)c1ncn(-c2cc(-c3c(F)cccc3C#N)nc3c2C(=O)N(C(=O)OC(C)(C)C)C3)n1. The molecule has 1 aliphatic heterocycles. The van der Waals surface area contributed by atoms with E-state index in [9.17, 15) is 19.2 Å². The number of aromatic nitrogens is 4. The number of amides is 2. The smallest absolute Gasteiger partial charge is 0.417 e. The van der Waals surface area contributed by atoms with Gasteiger partial charge in [0.1, 0.15) is 17.7 Å². The van der Waals surface area contributed by atoms with Gasteiger partial charge < -0.3 is 4.74 Å². The molecule has 0 unspecified atom stereocenters. The normalized spacial score (nSPS) is 13.2. The molecule has 0 atom stereocenters. The van der Waals surface area contributed by atoms with Crippen LogP contribution in [0.1, 0.15) is 68.0 Å². The Morgan fingerprint density at radius 1 is 1.26 bits per heavy atom. The van der Waals surface area contributed by atoms with E-state index in [0.717, 1.165) is 4.90 Å². The number of benzene rings is 1. The maximum Gasteiger partial charge on any atom is 0.417 e. The molecule has 0 bridgehead atoms. The monoisotopic (exact) mass is 462 g/mol. The quantitative estimate of drug-likeness (QED) is 0.568. The molecule has 0 fully saturated rings. The number of pyridine rings is 1. The number of imide groups is 1. The Hall–Kier alpha value is -4.13. The van der Waals surface area contributed by atoms with Gasteiger partial charge in [-0.15, -0.1) is 0 Å². The lowest BCUT2D eigenvalue weighted by molar-refractivity contribution is 0.0247. The highest BCUT2D eigenvalue weighted by Crippen LogP contribution is 2.34. The second kappa shape index (κ2) is 8.33. The van der Waals surface area contributed by atoms with Crippen LogP contribution in [0.25, 0.3) is 16.9 Å². The van der Waals surface area contributed by atoms with Gasteiger partial charge in [-0.25, -0.2) is 28.7 Å². The van der Waals surface area contributed by atoms with E-state index in [1.54, 1.807) is 20.8 Å². The molecule has 34 heavy (non-hydrogen) atoms. The molecule has 9 nitrogen and oxygen atoms in total. The first kappa shape index (κ1) is 23.0. The van der Waals surface area contributed by atoms with Crippen molar-refractivity contribution < 1.29 is 18.7 Å². The minimum Gasteiger partial charge on any atom is -0.443 e. The lowest BCUT2D eigenvalue weighted by Crippen LogP contribution is -2.37. The van der Waals surface area contributed by atoms with Crippen molar-refractivity contribution in [3.8, 4) is 23.0 Å². The minimum absolute atomic E-state index is 0.00131. The fourth-order valence-electron chi connectivity index (χ4n) is 3.59. The van der Waals surface area contributed by atoms with E-state index in [4.69, 9.17) is 4.74 Å². The summed E-state index contributed by atoms with van der Waals surface area (Å²) < 4.78 is 21.6. The first-order valence-electron chi connectivity index (χ1n) is 10.7. The summed E-state index contributed by atoms with van der Waals surface area (Å²) in [5, 5.41) is 14.0. The van der Waals surface area contributed by atoms with Crippen molar-refractivity contribution in [2.24, 2.45) is 0 Å². The van der Waals surface area contributed by atoms with Gasteiger partial charge in [-0.1, -0.05) is 19.9 Å². The molecule has 4 rings (SSSR count). The van der Waals surface area contributed by atoms with Crippen molar-refractivity contribution in [3.05, 3.63) is 59.1 Å². The molecule has 2 aromatic heterocycles. The summed E-state index contributed by atoms with van der Waals surface area (Å²) in [4.78, 5) is 35.7. The van der Waals surface area contributed by atoms with E-state index in [1.807, 2.05) is 19.9 Å². The zero-order chi connectivity index (χ0) is 24.8. The van der Waals surface area contributed by atoms with Gasteiger partial charge in [0.2, 0.25) is 0 Å². The summed E-state index contributed by atoms with van der Waals surface area (Å²) in [6.07, 6.45) is 0.637. The molecule has 3 aromatic rings. The molecule has 174 valence electrons. The summed E-state index contributed by atoms with van der Waals surface area (Å²) in [5.41, 5.74) is 0.100. The zero-order valence-electron chi connectivity index (χ0n) is 19.5. The molecule has 0 saturated carbocycles. The van der Waals surface area contributed by atoms with Crippen LogP contribution in [0.2, 0.25) is 0 Å². The molecule has 0 saturated heterocycles.